The van der Waals surface area contributed by atoms with Gasteiger partial charge in [0.05, 0.1) is 4.88 Å². The number of carbonyl (C=O) groups is 3. The van der Waals surface area contributed by atoms with Crippen LogP contribution in [0.4, 0.5) is 0 Å². The van der Waals surface area contributed by atoms with Gasteiger partial charge >= 0.3 is 0 Å². The maximum Gasteiger partial charge on any atom is 0.264 e. The summed E-state index contributed by atoms with van der Waals surface area (Å²) in [5.74, 6) is -0.916. The molecule has 1 aromatic heterocycles. The van der Waals surface area contributed by atoms with Crippen LogP contribution in [0.2, 0.25) is 0 Å². The lowest BCUT2D eigenvalue weighted by Gasteiger charge is -2.21. The van der Waals surface area contributed by atoms with Crippen molar-refractivity contribution in [3.8, 4) is 0 Å². The van der Waals surface area contributed by atoms with Gasteiger partial charge in [-0.3, -0.25) is 19.3 Å². The molecule has 0 unspecified atom stereocenters. The van der Waals surface area contributed by atoms with Crippen LogP contribution in [0.5, 0.6) is 0 Å². The number of nitrogens with one attached hydrogen (secondary N) is 2. The molecule has 2 aromatic carbocycles. The number of likely N-dealkylation sites (tertiary alicyclic amines) is 1. The van der Waals surface area contributed by atoms with Crippen molar-refractivity contribution in [3.05, 3.63) is 93.7 Å². The molecule has 4 rings (SSSR count). The lowest BCUT2D eigenvalue weighted by molar-refractivity contribution is -0.124. The third-order valence-corrected chi connectivity index (χ3v) is 7.63. The van der Waals surface area contributed by atoms with Crippen LogP contribution < -0.4 is 10.6 Å². The first-order valence-electron chi connectivity index (χ1n) is 13.3. The summed E-state index contributed by atoms with van der Waals surface area (Å²) in [5, 5.41) is 5.73. The second-order valence-corrected chi connectivity index (χ2v) is 10.8. The summed E-state index contributed by atoms with van der Waals surface area (Å²) in [6, 6.07) is 23.0. The minimum absolute atomic E-state index is 0.191. The fourth-order valence-corrected chi connectivity index (χ4v) is 5.52. The van der Waals surface area contributed by atoms with Crippen LogP contribution in [-0.2, 0) is 29.2 Å². The van der Waals surface area contributed by atoms with Crippen LogP contribution in [0.1, 0.15) is 51.4 Å². The average Bonchev–Trinajstić information content (AvgIpc) is 3.26. The van der Waals surface area contributed by atoms with Gasteiger partial charge < -0.3 is 15.5 Å². The minimum Gasteiger partial charge on any atom is -0.350 e. The van der Waals surface area contributed by atoms with Crippen molar-refractivity contribution in [1.82, 2.24) is 20.4 Å². The van der Waals surface area contributed by atoms with Crippen molar-refractivity contribution in [2.75, 3.05) is 26.2 Å². The van der Waals surface area contributed by atoms with E-state index < -0.39 is 0 Å². The molecular formula is C30H36N4O3S. The Labute approximate surface area is 228 Å². The van der Waals surface area contributed by atoms with Crippen LogP contribution in [0.15, 0.2) is 72.8 Å². The second-order valence-electron chi connectivity index (χ2n) is 9.64. The van der Waals surface area contributed by atoms with Crippen molar-refractivity contribution in [1.29, 1.82) is 0 Å². The van der Waals surface area contributed by atoms with Gasteiger partial charge in [-0.25, -0.2) is 0 Å². The second kappa shape index (κ2) is 14.4. The number of benzene rings is 2. The van der Waals surface area contributed by atoms with Gasteiger partial charge in [0, 0.05) is 24.5 Å². The molecule has 7 nitrogen and oxygen atoms in total. The molecule has 0 radical (unpaired) electrons. The van der Waals surface area contributed by atoms with Crippen molar-refractivity contribution in [3.63, 3.8) is 0 Å². The average molecular weight is 533 g/mol. The first kappa shape index (κ1) is 27.5. The van der Waals surface area contributed by atoms with Gasteiger partial charge in [-0.1, -0.05) is 73.5 Å². The molecule has 0 atom stereocenters. The molecule has 2 N–H and O–H groups in total. The smallest absolute Gasteiger partial charge is 0.264 e. The Hall–Kier alpha value is -3.49. The van der Waals surface area contributed by atoms with E-state index in [0.29, 0.717) is 18.0 Å². The van der Waals surface area contributed by atoms with Gasteiger partial charge in [-0.15, -0.1) is 11.3 Å². The Bertz CT molecular complexity index is 1120. The number of amides is 3. The van der Waals surface area contributed by atoms with E-state index in [1.807, 2.05) is 72.8 Å². The molecule has 3 aromatic rings. The SMILES string of the molecule is O=C(CN(CC(=O)NCc1ccccc1)C(=O)c1ccc(CN2CCCCCC2)s1)NCc1ccccc1. The van der Waals surface area contributed by atoms with Crippen LogP contribution >= 0.6 is 11.3 Å². The molecule has 0 bridgehead atoms. The topological polar surface area (TPSA) is 81.8 Å². The number of hydrogen-bond donors (Lipinski definition) is 2. The predicted molar refractivity (Wildman–Crippen MR) is 151 cm³/mol. The van der Waals surface area contributed by atoms with E-state index in [4.69, 9.17) is 0 Å². The summed E-state index contributed by atoms with van der Waals surface area (Å²) in [6.45, 7) is 3.33. The minimum atomic E-state index is -0.306. The summed E-state index contributed by atoms with van der Waals surface area (Å²) >= 11 is 1.45. The van der Waals surface area contributed by atoms with Crippen LogP contribution in [0, 0.1) is 0 Å². The zero-order chi connectivity index (χ0) is 26.6. The van der Waals surface area contributed by atoms with Crippen molar-refractivity contribution >= 4 is 29.1 Å². The van der Waals surface area contributed by atoms with Gasteiger partial charge in [0.1, 0.15) is 13.1 Å². The predicted octanol–water partition coefficient (Wildman–Crippen LogP) is 4.20. The van der Waals surface area contributed by atoms with E-state index in [1.54, 1.807) is 0 Å². The number of nitrogens with zero attached hydrogens (tertiary/aromatic N) is 2. The van der Waals surface area contributed by atoms with Crippen molar-refractivity contribution in [2.45, 2.75) is 45.3 Å². The third-order valence-electron chi connectivity index (χ3n) is 6.57. The van der Waals surface area contributed by atoms with E-state index in [9.17, 15) is 14.4 Å². The molecule has 38 heavy (non-hydrogen) atoms. The van der Waals surface area contributed by atoms with Crippen LogP contribution in [0.25, 0.3) is 0 Å². The van der Waals surface area contributed by atoms with Gasteiger partial charge in [0.15, 0.2) is 0 Å². The molecule has 8 heteroatoms. The zero-order valence-corrected chi connectivity index (χ0v) is 22.6. The van der Waals surface area contributed by atoms with Crippen molar-refractivity contribution in [2.24, 2.45) is 0 Å². The fourth-order valence-electron chi connectivity index (χ4n) is 4.50. The largest absolute Gasteiger partial charge is 0.350 e. The quantitative estimate of drug-likeness (QED) is 0.388. The van der Waals surface area contributed by atoms with Gasteiger partial charge in [-0.2, -0.15) is 0 Å². The van der Waals surface area contributed by atoms with E-state index >= 15 is 0 Å². The Morgan fingerprint density at radius 1 is 0.711 bits per heavy atom. The van der Waals surface area contributed by atoms with Crippen molar-refractivity contribution < 1.29 is 14.4 Å². The molecule has 0 spiro atoms. The molecular weight excluding hydrogens is 496 g/mol. The van der Waals surface area contributed by atoms with E-state index in [2.05, 4.69) is 15.5 Å². The standard InChI is InChI=1S/C30H36N4O3S/c35-28(31-19-24-11-5-3-6-12-24)22-34(23-29(36)32-20-25-13-7-4-8-14-25)30(37)27-16-15-26(38-27)21-33-17-9-1-2-10-18-33/h3-8,11-16H,1-2,9-10,17-23H2,(H,31,35)(H,32,36). The Kier molecular flexibility index (Phi) is 10.5. The summed E-state index contributed by atoms with van der Waals surface area (Å²) in [4.78, 5) is 44.5. The number of rotatable bonds is 11. The molecule has 0 aliphatic carbocycles. The highest BCUT2D eigenvalue weighted by Crippen LogP contribution is 2.22. The summed E-state index contributed by atoms with van der Waals surface area (Å²) in [6.07, 6.45) is 4.97. The Balaban J connectivity index is 1.39. The molecule has 1 aliphatic heterocycles. The molecule has 3 amide bonds. The normalized spacial score (nSPS) is 13.9. The summed E-state index contributed by atoms with van der Waals surface area (Å²) in [5.41, 5.74) is 1.94. The monoisotopic (exact) mass is 532 g/mol. The number of carbonyl (C=O) groups excluding carboxylic acids is 3. The molecule has 1 fully saturated rings. The highest BCUT2D eigenvalue weighted by molar-refractivity contribution is 7.14. The maximum atomic E-state index is 13.5. The van der Waals surface area contributed by atoms with Gasteiger partial charge in [-0.05, 0) is 49.2 Å². The maximum absolute atomic E-state index is 13.5. The van der Waals surface area contributed by atoms with Crippen LogP contribution in [-0.4, -0.2) is 53.7 Å². The zero-order valence-electron chi connectivity index (χ0n) is 21.7. The van der Waals surface area contributed by atoms with E-state index in [0.717, 1.165) is 35.6 Å². The van der Waals surface area contributed by atoms with Crippen LogP contribution in [0.3, 0.4) is 0 Å². The Morgan fingerprint density at radius 2 is 1.24 bits per heavy atom. The lowest BCUT2D eigenvalue weighted by atomic mass is 10.2. The molecule has 1 saturated heterocycles. The first-order valence-corrected chi connectivity index (χ1v) is 14.1. The summed E-state index contributed by atoms with van der Waals surface area (Å²) < 4.78 is 0. The van der Waals surface area contributed by atoms with E-state index in [-0.39, 0.29) is 30.8 Å². The summed E-state index contributed by atoms with van der Waals surface area (Å²) in [7, 11) is 0. The van der Waals surface area contributed by atoms with E-state index in [1.165, 1.54) is 41.9 Å². The number of thiophene rings is 1. The van der Waals surface area contributed by atoms with Gasteiger partial charge in [0.25, 0.3) is 5.91 Å². The van der Waals surface area contributed by atoms with Gasteiger partial charge in [0.2, 0.25) is 11.8 Å². The third kappa shape index (κ3) is 8.82. The highest BCUT2D eigenvalue weighted by Gasteiger charge is 2.23. The lowest BCUT2D eigenvalue weighted by Crippen LogP contribution is -2.45. The highest BCUT2D eigenvalue weighted by atomic mass is 32.1. The molecule has 2 heterocycles. The first-order chi connectivity index (χ1) is 18.6. The number of hydrogen-bond acceptors (Lipinski definition) is 5. The fraction of sp³-hybridized carbons (Fsp3) is 0.367. The molecule has 0 saturated carbocycles. The molecule has 1 aliphatic rings. The molecule has 200 valence electrons. The Morgan fingerprint density at radius 3 is 1.76 bits per heavy atom.